The number of pyridine rings is 1. The third-order valence-corrected chi connectivity index (χ3v) is 3.87. The lowest BCUT2D eigenvalue weighted by atomic mass is 10.1. The van der Waals surface area contributed by atoms with Crippen molar-refractivity contribution in [2.24, 2.45) is 0 Å². The van der Waals surface area contributed by atoms with Crippen molar-refractivity contribution in [2.45, 2.75) is 19.8 Å². The van der Waals surface area contributed by atoms with Crippen LogP contribution in [0.4, 0.5) is 5.82 Å². The van der Waals surface area contributed by atoms with E-state index in [2.05, 4.69) is 60.7 Å². The number of hydrogen-bond acceptors (Lipinski definition) is 4. The van der Waals surface area contributed by atoms with Crippen molar-refractivity contribution in [1.29, 1.82) is 0 Å². The average molecular weight is 372 g/mol. The van der Waals surface area contributed by atoms with E-state index < -0.39 is 0 Å². The lowest BCUT2D eigenvalue weighted by Gasteiger charge is -2.11. The van der Waals surface area contributed by atoms with E-state index in [0.717, 1.165) is 14.6 Å². The van der Waals surface area contributed by atoms with Crippen LogP contribution in [0.5, 0.6) is 0 Å². The Kier molecular flexibility index (Phi) is 3.97. The summed E-state index contributed by atoms with van der Waals surface area (Å²) in [6, 6.07) is 3.75. The zero-order chi connectivity index (χ0) is 13.3. The predicted octanol–water partition coefficient (Wildman–Crippen LogP) is 3.77. The fraction of sp³-hybridized carbons (Fsp3) is 0.250. The molecule has 2 heterocycles. The molecule has 0 fully saturated rings. The minimum Gasteiger partial charge on any atom is -0.383 e. The molecule has 0 aromatic carbocycles. The van der Waals surface area contributed by atoms with Crippen molar-refractivity contribution in [3.05, 3.63) is 33.0 Å². The summed E-state index contributed by atoms with van der Waals surface area (Å²) in [5, 5.41) is 0. The highest BCUT2D eigenvalue weighted by atomic mass is 79.9. The smallest absolute Gasteiger partial charge is 0.181 e. The highest BCUT2D eigenvalue weighted by Gasteiger charge is 2.16. The van der Waals surface area contributed by atoms with Gasteiger partial charge in [0.05, 0.1) is 10.2 Å². The number of hydrogen-bond donors (Lipinski definition) is 1. The quantitative estimate of drug-likeness (QED) is 0.872. The number of nitrogen functional groups attached to an aromatic ring is 1. The zero-order valence-corrected chi connectivity index (χ0v) is 13.2. The summed E-state index contributed by atoms with van der Waals surface area (Å²) < 4.78 is 1.61. The maximum Gasteiger partial charge on any atom is 0.181 e. The Hall–Kier alpha value is -1.01. The SMILES string of the molecule is CC(C)c1nc(-c2ncccc2Br)nc(N)c1Br. The van der Waals surface area contributed by atoms with Crippen LogP contribution in [0.15, 0.2) is 27.3 Å². The second-order valence-electron chi connectivity index (χ2n) is 4.12. The molecule has 0 spiro atoms. The van der Waals surface area contributed by atoms with Crippen LogP contribution in [-0.2, 0) is 0 Å². The van der Waals surface area contributed by atoms with Gasteiger partial charge in [-0.3, -0.25) is 4.98 Å². The second-order valence-corrected chi connectivity index (χ2v) is 5.77. The molecule has 0 saturated heterocycles. The van der Waals surface area contributed by atoms with Gasteiger partial charge in [0.15, 0.2) is 5.82 Å². The predicted molar refractivity (Wildman–Crippen MR) is 79.2 cm³/mol. The number of rotatable bonds is 2. The standard InChI is InChI=1S/C12H12Br2N4/c1-6(2)9-8(14)11(15)18-12(17-9)10-7(13)4-3-5-16-10/h3-6H,1-2H3,(H2,15,17,18). The first-order valence-electron chi connectivity index (χ1n) is 5.44. The topological polar surface area (TPSA) is 64.7 Å². The van der Waals surface area contributed by atoms with Crippen LogP contribution < -0.4 is 5.73 Å². The summed E-state index contributed by atoms with van der Waals surface area (Å²) in [6.45, 7) is 4.12. The Bertz CT molecular complexity index is 584. The summed E-state index contributed by atoms with van der Waals surface area (Å²) in [4.78, 5) is 13.1. The molecule has 0 aliphatic heterocycles. The normalized spacial score (nSPS) is 10.9. The van der Waals surface area contributed by atoms with Crippen molar-refractivity contribution in [3.63, 3.8) is 0 Å². The molecule has 6 heteroatoms. The molecule has 0 aliphatic rings. The molecular weight excluding hydrogens is 360 g/mol. The largest absolute Gasteiger partial charge is 0.383 e. The summed E-state index contributed by atoms with van der Waals surface area (Å²) in [6.07, 6.45) is 1.71. The van der Waals surface area contributed by atoms with Gasteiger partial charge in [0.2, 0.25) is 0 Å². The molecular formula is C12H12Br2N4. The van der Waals surface area contributed by atoms with E-state index in [1.165, 1.54) is 0 Å². The van der Waals surface area contributed by atoms with Gasteiger partial charge >= 0.3 is 0 Å². The number of nitrogens with zero attached hydrogens (tertiary/aromatic N) is 3. The molecule has 2 aromatic rings. The van der Waals surface area contributed by atoms with Crippen LogP contribution in [0.1, 0.15) is 25.5 Å². The molecule has 0 amide bonds. The van der Waals surface area contributed by atoms with E-state index in [-0.39, 0.29) is 5.92 Å². The summed E-state index contributed by atoms with van der Waals surface area (Å²) in [5.41, 5.74) is 7.48. The van der Waals surface area contributed by atoms with Gasteiger partial charge in [-0.05, 0) is 49.9 Å². The molecule has 2 rings (SSSR count). The van der Waals surface area contributed by atoms with E-state index in [1.54, 1.807) is 6.20 Å². The van der Waals surface area contributed by atoms with Crippen LogP contribution in [0.25, 0.3) is 11.5 Å². The molecule has 0 unspecified atom stereocenters. The fourth-order valence-electron chi connectivity index (χ4n) is 1.52. The molecule has 4 nitrogen and oxygen atoms in total. The Labute approximate surface area is 122 Å². The Morgan fingerprint density at radius 3 is 2.56 bits per heavy atom. The van der Waals surface area contributed by atoms with Crippen molar-refractivity contribution in [2.75, 3.05) is 5.73 Å². The fourth-order valence-corrected chi connectivity index (χ4v) is 2.59. The first-order valence-corrected chi connectivity index (χ1v) is 7.03. The summed E-state index contributed by atoms with van der Waals surface area (Å²) in [5.74, 6) is 1.22. The van der Waals surface area contributed by atoms with E-state index in [1.807, 2.05) is 12.1 Å². The minimum absolute atomic E-state index is 0.255. The van der Waals surface area contributed by atoms with Crippen molar-refractivity contribution >= 4 is 37.7 Å². The van der Waals surface area contributed by atoms with Gasteiger partial charge in [-0.15, -0.1) is 0 Å². The van der Waals surface area contributed by atoms with Crippen molar-refractivity contribution in [3.8, 4) is 11.5 Å². The van der Waals surface area contributed by atoms with Crippen LogP contribution in [-0.4, -0.2) is 15.0 Å². The molecule has 0 saturated carbocycles. The highest BCUT2D eigenvalue weighted by molar-refractivity contribution is 9.11. The van der Waals surface area contributed by atoms with E-state index >= 15 is 0 Å². The highest BCUT2D eigenvalue weighted by Crippen LogP contribution is 2.31. The van der Waals surface area contributed by atoms with Gasteiger partial charge in [-0.25, -0.2) is 9.97 Å². The Morgan fingerprint density at radius 2 is 1.94 bits per heavy atom. The molecule has 94 valence electrons. The molecule has 0 bridgehead atoms. The molecule has 0 aliphatic carbocycles. The van der Waals surface area contributed by atoms with Gasteiger partial charge in [0.1, 0.15) is 11.5 Å². The lowest BCUT2D eigenvalue weighted by Crippen LogP contribution is -2.05. The Balaban J connectivity index is 2.63. The van der Waals surface area contributed by atoms with Gasteiger partial charge in [0.25, 0.3) is 0 Å². The van der Waals surface area contributed by atoms with Crippen LogP contribution in [0.2, 0.25) is 0 Å². The third kappa shape index (κ3) is 2.54. The third-order valence-electron chi connectivity index (χ3n) is 2.42. The van der Waals surface area contributed by atoms with Crippen LogP contribution >= 0.6 is 31.9 Å². The van der Waals surface area contributed by atoms with Crippen molar-refractivity contribution < 1.29 is 0 Å². The summed E-state index contributed by atoms with van der Waals surface area (Å²) in [7, 11) is 0. The lowest BCUT2D eigenvalue weighted by molar-refractivity contribution is 0.810. The molecule has 2 aromatic heterocycles. The van der Waals surface area contributed by atoms with E-state index in [4.69, 9.17) is 5.73 Å². The molecule has 2 N–H and O–H groups in total. The number of anilines is 1. The van der Waals surface area contributed by atoms with E-state index in [0.29, 0.717) is 17.3 Å². The van der Waals surface area contributed by atoms with Gasteiger partial charge in [-0.1, -0.05) is 13.8 Å². The van der Waals surface area contributed by atoms with Gasteiger partial charge in [0, 0.05) is 10.7 Å². The molecule has 18 heavy (non-hydrogen) atoms. The van der Waals surface area contributed by atoms with Crippen molar-refractivity contribution in [1.82, 2.24) is 15.0 Å². The molecule has 0 radical (unpaired) electrons. The number of aromatic nitrogens is 3. The van der Waals surface area contributed by atoms with Crippen LogP contribution in [0, 0.1) is 0 Å². The first kappa shape index (κ1) is 13.4. The molecule has 0 atom stereocenters. The zero-order valence-electron chi connectivity index (χ0n) is 9.98. The maximum absolute atomic E-state index is 5.91. The first-order chi connectivity index (χ1) is 8.50. The number of nitrogens with two attached hydrogens (primary N) is 1. The second kappa shape index (κ2) is 5.32. The Morgan fingerprint density at radius 1 is 1.22 bits per heavy atom. The number of halogens is 2. The van der Waals surface area contributed by atoms with E-state index in [9.17, 15) is 0 Å². The summed E-state index contributed by atoms with van der Waals surface area (Å²) >= 11 is 6.87. The van der Waals surface area contributed by atoms with Crippen LogP contribution in [0.3, 0.4) is 0 Å². The van der Waals surface area contributed by atoms with Gasteiger partial charge < -0.3 is 5.73 Å². The monoisotopic (exact) mass is 370 g/mol. The van der Waals surface area contributed by atoms with Gasteiger partial charge in [-0.2, -0.15) is 0 Å². The average Bonchev–Trinajstić information content (AvgIpc) is 2.33. The maximum atomic E-state index is 5.91. The minimum atomic E-state index is 0.255.